The van der Waals surface area contributed by atoms with Crippen molar-refractivity contribution in [3.05, 3.63) is 18.5 Å². The van der Waals surface area contributed by atoms with Crippen LogP contribution in [0.1, 0.15) is 13.3 Å². The molecule has 0 saturated carbocycles. The first kappa shape index (κ1) is 11.7. The van der Waals surface area contributed by atoms with Gasteiger partial charge in [-0.05, 0) is 12.5 Å². The highest BCUT2D eigenvalue weighted by Gasteiger charge is 2.08. The van der Waals surface area contributed by atoms with Crippen LogP contribution >= 0.6 is 0 Å². The van der Waals surface area contributed by atoms with Gasteiger partial charge in [-0.15, -0.1) is 0 Å². The number of carbonyl (C=O) groups is 1. The average Bonchev–Trinajstić information content (AvgIpc) is 2.75. The molecule has 0 radical (unpaired) electrons. The van der Waals surface area contributed by atoms with Crippen molar-refractivity contribution in [1.82, 2.24) is 15.1 Å². The second-order valence-electron chi connectivity index (χ2n) is 3.55. The molecule has 5 heteroatoms. The molecule has 5 nitrogen and oxygen atoms in total. The molecule has 1 rings (SSSR count). The van der Waals surface area contributed by atoms with Gasteiger partial charge in [-0.1, -0.05) is 6.92 Å². The summed E-state index contributed by atoms with van der Waals surface area (Å²) in [5.41, 5.74) is 5.38. The molecule has 0 aliphatic heterocycles. The molecule has 0 aliphatic carbocycles. The Labute approximate surface area is 89.6 Å². The number of aryl methyl sites for hydroxylation is 1. The zero-order valence-corrected chi connectivity index (χ0v) is 9.02. The van der Waals surface area contributed by atoms with Crippen molar-refractivity contribution in [2.75, 3.05) is 13.1 Å². The number of hydrogen-bond acceptors (Lipinski definition) is 3. The van der Waals surface area contributed by atoms with E-state index in [0.717, 1.165) is 13.0 Å². The summed E-state index contributed by atoms with van der Waals surface area (Å²) in [6.07, 6.45) is 4.53. The highest BCUT2D eigenvalue weighted by Crippen LogP contribution is 1.92. The average molecular weight is 210 g/mol. The molecular formula is C10H18N4O. The lowest BCUT2D eigenvalue weighted by molar-refractivity contribution is -0.124. The summed E-state index contributed by atoms with van der Waals surface area (Å²) >= 11 is 0. The van der Waals surface area contributed by atoms with E-state index in [1.807, 2.05) is 23.9 Å². The van der Waals surface area contributed by atoms with E-state index in [4.69, 9.17) is 5.73 Å². The molecule has 84 valence electrons. The van der Waals surface area contributed by atoms with Gasteiger partial charge in [0.25, 0.3) is 0 Å². The molecule has 0 saturated heterocycles. The van der Waals surface area contributed by atoms with Gasteiger partial charge in [-0.2, -0.15) is 5.10 Å². The number of nitrogens with one attached hydrogen (secondary N) is 1. The number of carbonyl (C=O) groups excluding carboxylic acids is 1. The SMILES string of the molecule is CC(CN)C(=O)NCCCn1cccn1. The van der Waals surface area contributed by atoms with Crippen LogP contribution in [0.15, 0.2) is 18.5 Å². The molecular weight excluding hydrogens is 192 g/mol. The molecule has 1 aromatic heterocycles. The Balaban J connectivity index is 2.09. The Morgan fingerprint density at radius 2 is 2.47 bits per heavy atom. The highest BCUT2D eigenvalue weighted by molar-refractivity contribution is 5.78. The van der Waals surface area contributed by atoms with Crippen LogP contribution in [-0.4, -0.2) is 28.8 Å². The van der Waals surface area contributed by atoms with E-state index < -0.39 is 0 Å². The zero-order chi connectivity index (χ0) is 11.1. The minimum atomic E-state index is -0.102. The second-order valence-corrected chi connectivity index (χ2v) is 3.55. The molecule has 1 amide bonds. The number of nitrogens with two attached hydrogens (primary N) is 1. The molecule has 15 heavy (non-hydrogen) atoms. The maximum Gasteiger partial charge on any atom is 0.224 e. The Hall–Kier alpha value is -1.36. The summed E-state index contributed by atoms with van der Waals surface area (Å²) in [6, 6.07) is 1.88. The Kier molecular flexibility index (Phi) is 4.83. The minimum absolute atomic E-state index is 0.0259. The fourth-order valence-electron chi connectivity index (χ4n) is 1.17. The van der Waals surface area contributed by atoms with Crippen molar-refractivity contribution in [1.29, 1.82) is 0 Å². The van der Waals surface area contributed by atoms with Crippen LogP contribution < -0.4 is 11.1 Å². The van der Waals surface area contributed by atoms with Crippen molar-refractivity contribution >= 4 is 5.91 Å². The molecule has 0 bridgehead atoms. The normalized spacial score (nSPS) is 12.4. The van der Waals surface area contributed by atoms with Crippen molar-refractivity contribution in [3.63, 3.8) is 0 Å². The number of nitrogens with zero attached hydrogens (tertiary/aromatic N) is 2. The lowest BCUT2D eigenvalue weighted by Gasteiger charge is -2.09. The van der Waals surface area contributed by atoms with E-state index in [1.54, 1.807) is 6.20 Å². The van der Waals surface area contributed by atoms with Crippen LogP contribution in [0.5, 0.6) is 0 Å². The number of aromatic nitrogens is 2. The van der Waals surface area contributed by atoms with Gasteiger partial charge in [0.05, 0.1) is 0 Å². The van der Waals surface area contributed by atoms with Gasteiger partial charge >= 0.3 is 0 Å². The molecule has 1 heterocycles. The first-order chi connectivity index (χ1) is 7.24. The lowest BCUT2D eigenvalue weighted by atomic mass is 10.2. The maximum atomic E-state index is 11.3. The van der Waals surface area contributed by atoms with Gasteiger partial charge in [0.1, 0.15) is 0 Å². The van der Waals surface area contributed by atoms with Gasteiger partial charge in [0.15, 0.2) is 0 Å². The molecule has 0 spiro atoms. The molecule has 1 aromatic rings. The maximum absolute atomic E-state index is 11.3. The van der Waals surface area contributed by atoms with Crippen LogP contribution in [0.25, 0.3) is 0 Å². The molecule has 1 atom stereocenters. The van der Waals surface area contributed by atoms with E-state index in [9.17, 15) is 4.79 Å². The largest absolute Gasteiger partial charge is 0.356 e. The summed E-state index contributed by atoms with van der Waals surface area (Å²) in [6.45, 7) is 3.71. The fraction of sp³-hybridized carbons (Fsp3) is 0.600. The van der Waals surface area contributed by atoms with Crippen molar-refractivity contribution in [2.45, 2.75) is 19.9 Å². The third kappa shape index (κ3) is 4.12. The standard InChI is InChI=1S/C10H18N4O/c1-9(8-11)10(15)12-4-2-6-14-7-3-5-13-14/h3,5,7,9H,2,4,6,8,11H2,1H3,(H,12,15). The third-order valence-electron chi connectivity index (χ3n) is 2.22. The summed E-state index contributed by atoms with van der Waals surface area (Å²) < 4.78 is 1.85. The topological polar surface area (TPSA) is 72.9 Å². The Morgan fingerprint density at radius 3 is 3.07 bits per heavy atom. The van der Waals surface area contributed by atoms with Crippen LogP contribution in [0.4, 0.5) is 0 Å². The highest BCUT2D eigenvalue weighted by atomic mass is 16.1. The van der Waals surface area contributed by atoms with Gasteiger partial charge < -0.3 is 11.1 Å². The van der Waals surface area contributed by atoms with Gasteiger partial charge in [0, 0.05) is 37.9 Å². The Morgan fingerprint density at radius 1 is 1.67 bits per heavy atom. The molecule has 1 unspecified atom stereocenters. The first-order valence-corrected chi connectivity index (χ1v) is 5.19. The third-order valence-corrected chi connectivity index (χ3v) is 2.22. The zero-order valence-electron chi connectivity index (χ0n) is 9.02. The van der Waals surface area contributed by atoms with Crippen LogP contribution in [0, 0.1) is 5.92 Å². The summed E-state index contributed by atoms with van der Waals surface area (Å²) in [5.74, 6) is -0.0762. The fourth-order valence-corrected chi connectivity index (χ4v) is 1.17. The lowest BCUT2D eigenvalue weighted by Crippen LogP contribution is -2.34. The van der Waals surface area contributed by atoms with E-state index >= 15 is 0 Å². The predicted molar refractivity (Wildman–Crippen MR) is 58.1 cm³/mol. The number of amides is 1. The number of hydrogen-bond donors (Lipinski definition) is 2. The number of rotatable bonds is 6. The second kappa shape index (κ2) is 6.19. The van der Waals surface area contributed by atoms with Crippen LogP contribution in [0.3, 0.4) is 0 Å². The Bertz CT molecular complexity index is 284. The molecule has 0 fully saturated rings. The van der Waals surface area contributed by atoms with Crippen molar-refractivity contribution in [3.8, 4) is 0 Å². The summed E-state index contributed by atoms with van der Waals surface area (Å²) in [7, 11) is 0. The van der Waals surface area contributed by atoms with Crippen molar-refractivity contribution in [2.24, 2.45) is 11.7 Å². The smallest absolute Gasteiger partial charge is 0.224 e. The summed E-state index contributed by atoms with van der Waals surface area (Å²) in [4.78, 5) is 11.3. The predicted octanol–water partition coefficient (Wildman–Crippen LogP) is -0.0158. The molecule has 0 aromatic carbocycles. The van der Waals surface area contributed by atoms with E-state index in [-0.39, 0.29) is 11.8 Å². The van der Waals surface area contributed by atoms with Crippen LogP contribution in [0.2, 0.25) is 0 Å². The first-order valence-electron chi connectivity index (χ1n) is 5.19. The molecule has 0 aliphatic rings. The van der Waals surface area contributed by atoms with E-state index in [2.05, 4.69) is 10.4 Å². The minimum Gasteiger partial charge on any atom is -0.356 e. The quantitative estimate of drug-likeness (QED) is 0.648. The van der Waals surface area contributed by atoms with Gasteiger partial charge in [0.2, 0.25) is 5.91 Å². The van der Waals surface area contributed by atoms with Crippen molar-refractivity contribution < 1.29 is 4.79 Å². The van der Waals surface area contributed by atoms with E-state index in [0.29, 0.717) is 13.1 Å². The molecule has 3 N–H and O–H groups in total. The summed E-state index contributed by atoms with van der Waals surface area (Å²) in [5, 5.41) is 6.90. The van der Waals surface area contributed by atoms with Gasteiger partial charge in [-0.25, -0.2) is 0 Å². The van der Waals surface area contributed by atoms with E-state index in [1.165, 1.54) is 0 Å². The monoisotopic (exact) mass is 210 g/mol. The van der Waals surface area contributed by atoms with Crippen LogP contribution in [-0.2, 0) is 11.3 Å². The van der Waals surface area contributed by atoms with Gasteiger partial charge in [-0.3, -0.25) is 9.48 Å².